The minimum absolute atomic E-state index is 0.140. The number of hydrogen-bond acceptors (Lipinski definition) is 4. The molecule has 20 heavy (non-hydrogen) atoms. The summed E-state index contributed by atoms with van der Waals surface area (Å²) in [5.41, 5.74) is 0.820. The molecule has 0 atom stereocenters. The van der Waals surface area contributed by atoms with Gasteiger partial charge in [-0.05, 0) is 24.6 Å². The molecule has 0 unspecified atom stereocenters. The molecular weight excluding hydrogens is 258 g/mol. The average Bonchev–Trinajstić information content (AvgIpc) is 2.49. The minimum atomic E-state index is -0.140. The average molecular weight is 279 g/mol. The van der Waals surface area contributed by atoms with Gasteiger partial charge in [0.2, 0.25) is 5.91 Å². The van der Waals surface area contributed by atoms with Gasteiger partial charge in [-0.2, -0.15) is 0 Å². The maximum absolute atomic E-state index is 11.6. The molecule has 0 aliphatic rings. The van der Waals surface area contributed by atoms with Gasteiger partial charge in [-0.3, -0.25) is 4.79 Å². The lowest BCUT2D eigenvalue weighted by molar-refractivity contribution is -0.116. The van der Waals surface area contributed by atoms with Gasteiger partial charge in [0.05, 0.1) is 14.2 Å². The summed E-state index contributed by atoms with van der Waals surface area (Å²) in [6.45, 7) is 1.23. The standard InChI is InChI=1S/C15H21NO4/c1-18-10-4-9-16-15(17)8-6-12-5-7-13(19-2)11-14(12)20-3/h5-8,11H,4,9-10H2,1-3H3,(H,16,17)/b8-6+. The first-order chi connectivity index (χ1) is 9.71. The lowest BCUT2D eigenvalue weighted by atomic mass is 10.1. The van der Waals surface area contributed by atoms with E-state index in [1.165, 1.54) is 6.08 Å². The van der Waals surface area contributed by atoms with E-state index in [0.29, 0.717) is 24.7 Å². The van der Waals surface area contributed by atoms with Crippen LogP contribution in [0.3, 0.4) is 0 Å². The monoisotopic (exact) mass is 279 g/mol. The van der Waals surface area contributed by atoms with Gasteiger partial charge in [0.1, 0.15) is 11.5 Å². The Kier molecular flexibility index (Phi) is 7.21. The largest absolute Gasteiger partial charge is 0.497 e. The SMILES string of the molecule is COCCCNC(=O)/C=C/c1ccc(OC)cc1OC. The van der Waals surface area contributed by atoms with Crippen molar-refractivity contribution in [3.05, 3.63) is 29.8 Å². The summed E-state index contributed by atoms with van der Waals surface area (Å²) in [6, 6.07) is 5.43. The van der Waals surface area contributed by atoms with Gasteiger partial charge in [-0.15, -0.1) is 0 Å². The topological polar surface area (TPSA) is 56.8 Å². The van der Waals surface area contributed by atoms with Crippen LogP contribution in [0.2, 0.25) is 0 Å². The van der Waals surface area contributed by atoms with Crippen LogP contribution in [-0.4, -0.2) is 40.4 Å². The number of carbonyl (C=O) groups excluding carboxylic acids is 1. The Morgan fingerprint density at radius 2 is 2.05 bits per heavy atom. The zero-order valence-electron chi connectivity index (χ0n) is 12.1. The predicted octanol–water partition coefficient (Wildman–Crippen LogP) is 1.87. The maximum Gasteiger partial charge on any atom is 0.244 e. The number of ether oxygens (including phenoxy) is 3. The summed E-state index contributed by atoms with van der Waals surface area (Å²) in [7, 11) is 4.81. The molecule has 0 aliphatic carbocycles. The molecule has 0 aromatic heterocycles. The second kappa shape index (κ2) is 8.98. The predicted molar refractivity (Wildman–Crippen MR) is 78.1 cm³/mol. The Bertz CT molecular complexity index is 457. The highest BCUT2D eigenvalue weighted by Gasteiger charge is 2.02. The van der Waals surface area contributed by atoms with E-state index in [1.54, 1.807) is 33.5 Å². The van der Waals surface area contributed by atoms with Crippen molar-refractivity contribution in [1.29, 1.82) is 0 Å². The first-order valence-electron chi connectivity index (χ1n) is 6.38. The fourth-order valence-electron chi connectivity index (χ4n) is 1.61. The van der Waals surface area contributed by atoms with Crippen LogP contribution in [0, 0.1) is 0 Å². The van der Waals surface area contributed by atoms with Gasteiger partial charge >= 0.3 is 0 Å². The number of nitrogens with one attached hydrogen (secondary N) is 1. The Morgan fingerprint density at radius 3 is 2.70 bits per heavy atom. The van der Waals surface area contributed by atoms with Gasteiger partial charge in [0, 0.05) is 38.0 Å². The fourth-order valence-corrected chi connectivity index (χ4v) is 1.61. The molecule has 0 bridgehead atoms. The van der Waals surface area contributed by atoms with Gasteiger partial charge in [0.25, 0.3) is 0 Å². The summed E-state index contributed by atoms with van der Waals surface area (Å²) in [5.74, 6) is 1.23. The van der Waals surface area contributed by atoms with Crippen molar-refractivity contribution < 1.29 is 19.0 Å². The first-order valence-corrected chi connectivity index (χ1v) is 6.38. The van der Waals surface area contributed by atoms with E-state index in [1.807, 2.05) is 12.1 Å². The van der Waals surface area contributed by atoms with E-state index < -0.39 is 0 Å². The van der Waals surface area contributed by atoms with Crippen molar-refractivity contribution in [1.82, 2.24) is 5.32 Å². The number of benzene rings is 1. The van der Waals surface area contributed by atoms with Gasteiger partial charge in [0.15, 0.2) is 0 Å². The van der Waals surface area contributed by atoms with Crippen LogP contribution >= 0.6 is 0 Å². The molecule has 1 rings (SSSR count). The van der Waals surface area contributed by atoms with Crippen LogP contribution in [-0.2, 0) is 9.53 Å². The second-order valence-corrected chi connectivity index (χ2v) is 4.08. The van der Waals surface area contributed by atoms with Crippen molar-refractivity contribution >= 4 is 12.0 Å². The second-order valence-electron chi connectivity index (χ2n) is 4.08. The summed E-state index contributed by atoms with van der Waals surface area (Å²) in [5, 5.41) is 2.78. The molecule has 1 aromatic rings. The third-order valence-electron chi connectivity index (χ3n) is 2.68. The molecule has 0 spiro atoms. The Balaban J connectivity index is 2.58. The van der Waals surface area contributed by atoms with Crippen molar-refractivity contribution in [2.24, 2.45) is 0 Å². The Labute approximate surface area is 119 Å². The molecule has 1 N–H and O–H groups in total. The zero-order valence-corrected chi connectivity index (χ0v) is 12.1. The summed E-state index contributed by atoms with van der Waals surface area (Å²) in [4.78, 5) is 11.6. The highest BCUT2D eigenvalue weighted by Crippen LogP contribution is 2.25. The third kappa shape index (κ3) is 5.32. The van der Waals surface area contributed by atoms with Gasteiger partial charge in [-0.25, -0.2) is 0 Å². The normalized spacial score (nSPS) is 10.6. The Morgan fingerprint density at radius 1 is 1.25 bits per heavy atom. The van der Waals surface area contributed by atoms with Crippen molar-refractivity contribution in [3.63, 3.8) is 0 Å². The number of rotatable bonds is 8. The smallest absolute Gasteiger partial charge is 0.244 e. The molecule has 0 saturated heterocycles. The van der Waals surface area contributed by atoms with E-state index in [-0.39, 0.29) is 5.91 Å². The van der Waals surface area contributed by atoms with Crippen LogP contribution in [0.4, 0.5) is 0 Å². The molecule has 0 saturated carbocycles. The Hall–Kier alpha value is -2.01. The van der Waals surface area contributed by atoms with Crippen LogP contribution in [0.1, 0.15) is 12.0 Å². The van der Waals surface area contributed by atoms with Crippen LogP contribution in [0.15, 0.2) is 24.3 Å². The molecule has 0 radical (unpaired) electrons. The quantitative estimate of drug-likeness (QED) is 0.583. The maximum atomic E-state index is 11.6. The van der Waals surface area contributed by atoms with Gasteiger partial charge < -0.3 is 19.5 Å². The third-order valence-corrected chi connectivity index (χ3v) is 2.68. The minimum Gasteiger partial charge on any atom is -0.497 e. The summed E-state index contributed by atoms with van der Waals surface area (Å²) < 4.78 is 15.3. The van der Waals surface area contributed by atoms with E-state index in [9.17, 15) is 4.79 Å². The molecule has 1 amide bonds. The number of hydrogen-bond donors (Lipinski definition) is 1. The van der Waals surface area contributed by atoms with E-state index in [0.717, 1.165) is 12.0 Å². The summed E-state index contributed by atoms with van der Waals surface area (Å²) in [6.07, 6.45) is 3.99. The van der Waals surface area contributed by atoms with E-state index >= 15 is 0 Å². The molecule has 0 heterocycles. The molecule has 5 nitrogen and oxygen atoms in total. The first kappa shape index (κ1) is 16.0. The fraction of sp³-hybridized carbons (Fsp3) is 0.400. The van der Waals surface area contributed by atoms with E-state index in [4.69, 9.17) is 14.2 Å². The lowest BCUT2D eigenvalue weighted by Crippen LogP contribution is -2.22. The van der Waals surface area contributed by atoms with Crippen molar-refractivity contribution in [2.45, 2.75) is 6.42 Å². The lowest BCUT2D eigenvalue weighted by Gasteiger charge is -2.07. The van der Waals surface area contributed by atoms with Crippen LogP contribution < -0.4 is 14.8 Å². The number of amides is 1. The highest BCUT2D eigenvalue weighted by atomic mass is 16.5. The van der Waals surface area contributed by atoms with Crippen molar-refractivity contribution in [3.8, 4) is 11.5 Å². The molecular formula is C15H21NO4. The zero-order chi connectivity index (χ0) is 14.8. The molecule has 1 aromatic carbocycles. The molecule has 0 aliphatic heterocycles. The molecule has 110 valence electrons. The number of methoxy groups -OCH3 is 3. The summed E-state index contributed by atoms with van der Waals surface area (Å²) >= 11 is 0. The van der Waals surface area contributed by atoms with Gasteiger partial charge in [-0.1, -0.05) is 0 Å². The highest BCUT2D eigenvalue weighted by molar-refractivity contribution is 5.92. The van der Waals surface area contributed by atoms with Crippen LogP contribution in [0.25, 0.3) is 6.08 Å². The van der Waals surface area contributed by atoms with E-state index in [2.05, 4.69) is 5.32 Å². The van der Waals surface area contributed by atoms with Crippen molar-refractivity contribution in [2.75, 3.05) is 34.5 Å². The van der Waals surface area contributed by atoms with Crippen LogP contribution in [0.5, 0.6) is 11.5 Å². The molecule has 5 heteroatoms. The molecule has 0 fully saturated rings. The number of carbonyl (C=O) groups is 1.